The lowest BCUT2D eigenvalue weighted by Crippen LogP contribution is -2.53. The molecule has 0 saturated carbocycles. The summed E-state index contributed by atoms with van der Waals surface area (Å²) in [6.45, 7) is 2.81. The number of anilines is 1. The van der Waals surface area contributed by atoms with Crippen LogP contribution in [-0.4, -0.2) is 56.9 Å². The summed E-state index contributed by atoms with van der Waals surface area (Å²) in [5.74, 6) is 0.348. The molecule has 0 radical (unpaired) electrons. The van der Waals surface area contributed by atoms with E-state index < -0.39 is 24.0 Å². The Kier molecular flexibility index (Phi) is 11.4. The average Bonchev–Trinajstić information content (AvgIpc) is 3.13. The van der Waals surface area contributed by atoms with Crippen LogP contribution < -0.4 is 19.4 Å². The molecule has 0 unspecified atom stereocenters. The highest BCUT2D eigenvalue weighted by molar-refractivity contribution is 6.35. The molecule has 7 rings (SSSR count). The maximum Gasteiger partial charge on any atom is 0.415 e. The minimum Gasteiger partial charge on any atom is -0.493 e. The number of rotatable bonds is 12. The Labute approximate surface area is 300 Å². The van der Waals surface area contributed by atoms with Crippen LogP contribution in [0.25, 0.3) is 0 Å². The molecular weight excluding hydrogens is 684 g/mol. The number of carbonyl (C=O) groups excluding carboxylic acids is 2. The minimum atomic E-state index is -0.740. The van der Waals surface area contributed by atoms with Gasteiger partial charge in [-0.25, -0.2) is 14.2 Å². The largest absolute Gasteiger partial charge is 0.493 e. The number of esters is 1. The fraction of sp³-hybridized carbons (Fsp3) is 0.342. The molecule has 1 N–H and O–H groups in total. The van der Waals surface area contributed by atoms with Crippen LogP contribution in [0, 0.1) is 11.7 Å². The van der Waals surface area contributed by atoms with E-state index in [1.165, 1.54) is 18.1 Å². The first-order chi connectivity index (χ1) is 24.2. The number of amides is 1. The Bertz CT molecular complexity index is 1800. The number of ether oxygens (including phenoxy) is 4. The van der Waals surface area contributed by atoms with Gasteiger partial charge in [0.1, 0.15) is 28.1 Å². The van der Waals surface area contributed by atoms with Crippen molar-refractivity contribution >= 4 is 41.0 Å². The number of para-hydroxylation sites is 1. The number of nitrogens with one attached hydrogen (secondary N) is 1. The number of H-pyrrole nitrogens is 1. The fourth-order valence-electron chi connectivity index (χ4n) is 6.61. The van der Waals surface area contributed by atoms with Crippen molar-refractivity contribution in [3.8, 4) is 11.5 Å². The van der Waals surface area contributed by atoms with E-state index in [4.69, 9.17) is 42.1 Å². The lowest BCUT2D eigenvalue weighted by Gasteiger charge is -2.44. The lowest BCUT2D eigenvalue weighted by atomic mass is 9.86. The van der Waals surface area contributed by atoms with E-state index in [2.05, 4.69) is 9.88 Å². The zero-order valence-electron chi connectivity index (χ0n) is 27.9. The summed E-state index contributed by atoms with van der Waals surface area (Å²) in [6, 6.07) is 18.7. The number of hydrogen-bond acceptors (Lipinski definition) is 7. The Morgan fingerprint density at radius 2 is 1.62 bits per heavy atom. The van der Waals surface area contributed by atoms with Crippen LogP contribution in [0.1, 0.15) is 41.2 Å². The van der Waals surface area contributed by atoms with Crippen molar-refractivity contribution in [2.24, 2.45) is 5.92 Å². The van der Waals surface area contributed by atoms with E-state index in [-0.39, 0.29) is 31.2 Å². The molecule has 2 bridgehead atoms. The summed E-state index contributed by atoms with van der Waals surface area (Å²) >= 11 is 12.9. The molecule has 50 heavy (non-hydrogen) atoms. The number of hydrogen-bond donors (Lipinski definition) is 0. The normalized spacial score (nSPS) is 18.6. The molecule has 12 heteroatoms. The van der Waals surface area contributed by atoms with Gasteiger partial charge in [0.05, 0.1) is 32.9 Å². The van der Waals surface area contributed by atoms with Crippen LogP contribution in [0.5, 0.6) is 11.5 Å². The molecule has 9 nitrogen and oxygen atoms in total. The van der Waals surface area contributed by atoms with Gasteiger partial charge in [0.2, 0.25) is 0 Å². The van der Waals surface area contributed by atoms with Gasteiger partial charge in [0.15, 0.2) is 23.9 Å². The quantitative estimate of drug-likeness (QED) is 0.142. The molecule has 4 heterocycles. The number of halogens is 3. The Hall–Kier alpha value is -4.38. The first-order valence-corrected chi connectivity index (χ1v) is 17.3. The first kappa shape index (κ1) is 35.4. The van der Waals surface area contributed by atoms with E-state index in [0.717, 1.165) is 31.5 Å². The molecule has 3 aliphatic rings. The fourth-order valence-corrected chi connectivity index (χ4v) is 7.14. The smallest absolute Gasteiger partial charge is 0.415 e. The van der Waals surface area contributed by atoms with Gasteiger partial charge in [-0.05, 0) is 72.8 Å². The predicted molar refractivity (Wildman–Crippen MR) is 187 cm³/mol. The number of pyridine rings is 1. The predicted octanol–water partition coefficient (Wildman–Crippen LogP) is 7.27. The zero-order valence-corrected chi connectivity index (χ0v) is 29.4. The first-order valence-electron chi connectivity index (χ1n) is 16.5. The van der Waals surface area contributed by atoms with Crippen molar-refractivity contribution < 1.29 is 37.9 Å². The van der Waals surface area contributed by atoms with Crippen molar-refractivity contribution in [2.75, 3.05) is 38.8 Å². The van der Waals surface area contributed by atoms with Crippen molar-refractivity contribution in [1.82, 2.24) is 4.90 Å². The zero-order chi connectivity index (χ0) is 35.2. The van der Waals surface area contributed by atoms with Gasteiger partial charge in [0, 0.05) is 18.5 Å². The Morgan fingerprint density at radius 1 is 0.940 bits per heavy atom. The number of nitrogens with zero attached hydrogens (tertiary/aromatic N) is 2. The van der Waals surface area contributed by atoms with Crippen LogP contribution in [0.4, 0.5) is 14.9 Å². The number of methoxy groups -OCH3 is 2. The highest BCUT2D eigenvalue weighted by Gasteiger charge is 2.37. The van der Waals surface area contributed by atoms with Crippen molar-refractivity contribution in [2.45, 2.75) is 44.4 Å². The van der Waals surface area contributed by atoms with E-state index in [1.807, 2.05) is 12.1 Å². The maximum atomic E-state index is 15.0. The van der Waals surface area contributed by atoms with Crippen LogP contribution in [0.15, 0.2) is 79.1 Å². The number of aromatic nitrogens is 1. The number of benzene rings is 3. The molecule has 2 atom stereocenters. The second-order valence-electron chi connectivity index (χ2n) is 12.5. The third-order valence-electron chi connectivity index (χ3n) is 9.36. The second-order valence-corrected chi connectivity index (χ2v) is 13.3. The summed E-state index contributed by atoms with van der Waals surface area (Å²) in [6.07, 6.45) is 3.86. The third kappa shape index (κ3) is 8.31. The number of aromatic amines is 1. The number of piperidine rings is 3. The molecule has 1 aromatic heterocycles. The SMILES string of the molecule is COc1ccc([C@H](Cc2c(Cl)c[nH+]cc2Cl)OC(=O)Cc2ccc(CN(C(=O)O[C@H]3CN4CCC3CC4)c3ccccc3F)cc2)cc1OC. The minimum absolute atomic E-state index is 0.0211. The van der Waals surface area contributed by atoms with Crippen molar-refractivity contribution in [3.05, 3.63) is 117 Å². The lowest BCUT2D eigenvalue weighted by molar-refractivity contribution is -0.377. The number of carbonyl (C=O) groups is 2. The van der Waals surface area contributed by atoms with Crippen LogP contribution >= 0.6 is 23.2 Å². The molecule has 0 aliphatic carbocycles. The molecule has 3 aromatic carbocycles. The average molecular weight is 724 g/mol. The molecule has 4 aromatic rings. The van der Waals surface area contributed by atoms with E-state index in [9.17, 15) is 14.0 Å². The monoisotopic (exact) mass is 722 g/mol. The molecule has 3 fully saturated rings. The summed E-state index contributed by atoms with van der Waals surface area (Å²) in [5.41, 5.74) is 2.87. The summed E-state index contributed by atoms with van der Waals surface area (Å²) < 4.78 is 37.9. The van der Waals surface area contributed by atoms with E-state index in [1.54, 1.807) is 68.0 Å². The highest BCUT2D eigenvalue weighted by Crippen LogP contribution is 2.35. The van der Waals surface area contributed by atoms with Crippen LogP contribution in [0.3, 0.4) is 0 Å². The highest BCUT2D eigenvalue weighted by atomic mass is 35.5. The molecule has 3 saturated heterocycles. The molecule has 1 amide bonds. The Morgan fingerprint density at radius 3 is 2.26 bits per heavy atom. The second kappa shape index (κ2) is 16.1. The molecule has 3 aliphatic heterocycles. The summed E-state index contributed by atoms with van der Waals surface area (Å²) in [7, 11) is 3.08. The van der Waals surface area contributed by atoms with Crippen molar-refractivity contribution in [3.63, 3.8) is 0 Å². The van der Waals surface area contributed by atoms with Gasteiger partial charge in [0.25, 0.3) is 0 Å². The van der Waals surface area contributed by atoms with Gasteiger partial charge < -0.3 is 18.9 Å². The van der Waals surface area contributed by atoms with E-state index >= 15 is 0 Å². The molecule has 0 spiro atoms. The van der Waals surface area contributed by atoms with E-state index in [0.29, 0.717) is 50.7 Å². The third-order valence-corrected chi connectivity index (χ3v) is 10.0. The van der Waals surface area contributed by atoms with Crippen LogP contribution in [-0.2, 0) is 33.7 Å². The molecular formula is C38H39Cl2FN3O6+. The number of fused-ring (bicyclic) bond motifs is 3. The van der Waals surface area contributed by atoms with Gasteiger partial charge in [-0.1, -0.05) is 65.7 Å². The summed E-state index contributed by atoms with van der Waals surface area (Å²) in [5, 5.41) is 0.818. The van der Waals surface area contributed by atoms with Crippen molar-refractivity contribution in [1.29, 1.82) is 0 Å². The summed E-state index contributed by atoms with van der Waals surface area (Å²) in [4.78, 5) is 33.5. The standard InChI is InChI=1S/C38H38Cl2FN3O6/c1-47-33-12-11-27(18-35(33)48-2)34(19-28-29(39)20-42-21-30(28)40)49-37(45)17-24-7-9-25(10-8-24)22-44(32-6-4-3-5-31(32)41)38(46)50-36-23-43-15-13-26(36)14-16-43/h3-12,18,20-21,26,34,36H,13-17,19,22-23H2,1-2H3/p+1/t34-,36-/m0/s1. The topological polar surface area (TPSA) is 91.7 Å². The van der Waals surface area contributed by atoms with Crippen LogP contribution in [0.2, 0.25) is 10.0 Å². The van der Waals surface area contributed by atoms with Gasteiger partial charge >= 0.3 is 12.1 Å². The maximum absolute atomic E-state index is 15.0. The van der Waals surface area contributed by atoms with Gasteiger partial charge in [-0.3, -0.25) is 14.6 Å². The van der Waals surface area contributed by atoms with Gasteiger partial charge in [-0.15, -0.1) is 0 Å². The molecule has 262 valence electrons. The van der Waals surface area contributed by atoms with Gasteiger partial charge in [-0.2, -0.15) is 0 Å². The Balaban J connectivity index is 1.16.